The van der Waals surface area contributed by atoms with Crippen LogP contribution in [0.1, 0.15) is 19.3 Å². The third-order valence-corrected chi connectivity index (χ3v) is 5.75. The minimum atomic E-state index is -0.525. The third-order valence-electron chi connectivity index (χ3n) is 5.01. The predicted molar refractivity (Wildman–Crippen MR) is 81.4 cm³/mol. The first-order valence-corrected chi connectivity index (χ1v) is 7.78. The van der Waals surface area contributed by atoms with E-state index in [4.69, 9.17) is 23.2 Å². The molecule has 0 aromatic heterocycles. The molecule has 3 nitrogen and oxygen atoms in total. The van der Waals surface area contributed by atoms with Crippen LogP contribution in [0.2, 0.25) is 10.0 Å². The van der Waals surface area contributed by atoms with Gasteiger partial charge in [-0.25, -0.2) is 4.90 Å². The van der Waals surface area contributed by atoms with Crippen molar-refractivity contribution in [2.75, 3.05) is 4.90 Å². The first kappa shape index (κ1) is 13.4. The molecule has 5 heteroatoms. The van der Waals surface area contributed by atoms with E-state index < -0.39 is 5.41 Å². The summed E-state index contributed by atoms with van der Waals surface area (Å²) in [4.78, 5) is 26.6. The normalized spacial score (nSPS) is 33.7. The summed E-state index contributed by atoms with van der Waals surface area (Å²) in [6.07, 6.45) is 6.37. The van der Waals surface area contributed by atoms with E-state index >= 15 is 0 Å². The standard InChI is InChI=1S/C16H13Cl2NO2/c17-12-4-3-11(6-13(12)18)19-14(20)8-16(15(19)21)7-9-1-2-10(16)5-9/h1-4,6,9-10H,5,7-8H2. The first-order valence-electron chi connectivity index (χ1n) is 7.02. The molecule has 1 aromatic carbocycles. The molecule has 108 valence electrons. The second-order valence-corrected chi connectivity index (χ2v) is 6.97. The number of carbonyl (C=O) groups excluding carboxylic acids is 2. The van der Waals surface area contributed by atoms with E-state index in [1.807, 2.05) is 0 Å². The van der Waals surface area contributed by atoms with Crippen molar-refractivity contribution in [2.45, 2.75) is 19.3 Å². The average molecular weight is 322 g/mol. The third kappa shape index (κ3) is 1.74. The number of benzene rings is 1. The quantitative estimate of drug-likeness (QED) is 0.582. The Kier molecular flexibility index (Phi) is 2.76. The zero-order chi connectivity index (χ0) is 14.8. The number of anilines is 1. The number of fused-ring (bicyclic) bond motifs is 3. The maximum Gasteiger partial charge on any atom is 0.241 e. The number of carbonyl (C=O) groups is 2. The van der Waals surface area contributed by atoms with Gasteiger partial charge in [0, 0.05) is 6.42 Å². The second-order valence-electron chi connectivity index (χ2n) is 6.16. The fraction of sp³-hybridized carbons (Fsp3) is 0.375. The van der Waals surface area contributed by atoms with Crippen LogP contribution in [0.15, 0.2) is 30.4 Å². The Morgan fingerprint density at radius 2 is 1.95 bits per heavy atom. The average Bonchev–Trinajstić information content (AvgIpc) is 3.09. The first-order chi connectivity index (χ1) is 10.0. The van der Waals surface area contributed by atoms with Crippen molar-refractivity contribution in [3.63, 3.8) is 0 Å². The molecule has 3 aliphatic rings. The fourth-order valence-corrected chi connectivity index (χ4v) is 4.34. The second kappa shape index (κ2) is 4.34. The van der Waals surface area contributed by atoms with Gasteiger partial charge in [-0.1, -0.05) is 35.4 Å². The molecule has 1 saturated heterocycles. The molecule has 3 unspecified atom stereocenters. The lowest BCUT2D eigenvalue weighted by atomic mass is 9.74. The number of hydrogen-bond acceptors (Lipinski definition) is 2. The van der Waals surface area contributed by atoms with Gasteiger partial charge in [0.05, 0.1) is 21.1 Å². The Labute approximate surface area is 132 Å². The van der Waals surface area contributed by atoms with E-state index in [0.29, 0.717) is 28.1 Å². The summed E-state index contributed by atoms with van der Waals surface area (Å²) in [7, 11) is 0. The highest BCUT2D eigenvalue weighted by molar-refractivity contribution is 6.42. The number of hydrogen-bond donors (Lipinski definition) is 0. The van der Waals surface area contributed by atoms with Crippen molar-refractivity contribution in [3.05, 3.63) is 40.4 Å². The van der Waals surface area contributed by atoms with Crippen LogP contribution < -0.4 is 4.90 Å². The zero-order valence-corrected chi connectivity index (χ0v) is 12.7. The fourth-order valence-electron chi connectivity index (χ4n) is 4.05. The van der Waals surface area contributed by atoms with Crippen molar-refractivity contribution in [1.29, 1.82) is 0 Å². The lowest BCUT2D eigenvalue weighted by Crippen LogP contribution is -2.38. The lowest BCUT2D eigenvalue weighted by Gasteiger charge is -2.28. The highest BCUT2D eigenvalue weighted by Crippen LogP contribution is 2.57. The highest BCUT2D eigenvalue weighted by atomic mass is 35.5. The summed E-state index contributed by atoms with van der Waals surface area (Å²) in [5.74, 6) is 0.425. The van der Waals surface area contributed by atoms with E-state index in [1.54, 1.807) is 18.2 Å². The predicted octanol–water partition coefficient (Wildman–Crippen LogP) is 3.84. The molecule has 0 radical (unpaired) electrons. The molecule has 1 saturated carbocycles. The summed E-state index contributed by atoms with van der Waals surface area (Å²) < 4.78 is 0. The van der Waals surface area contributed by atoms with Crippen LogP contribution in [0.4, 0.5) is 5.69 Å². The summed E-state index contributed by atoms with van der Waals surface area (Å²) >= 11 is 11.9. The minimum Gasteiger partial charge on any atom is -0.274 e. The van der Waals surface area contributed by atoms with E-state index in [9.17, 15) is 9.59 Å². The number of imide groups is 1. The number of halogens is 2. The van der Waals surface area contributed by atoms with Gasteiger partial charge in [0.25, 0.3) is 0 Å². The van der Waals surface area contributed by atoms with Crippen molar-refractivity contribution >= 4 is 40.7 Å². The Morgan fingerprint density at radius 3 is 2.57 bits per heavy atom. The molecule has 1 heterocycles. The van der Waals surface area contributed by atoms with Crippen LogP contribution in [0, 0.1) is 17.3 Å². The molecule has 2 fully saturated rings. The minimum absolute atomic E-state index is 0.0808. The maximum atomic E-state index is 12.9. The summed E-state index contributed by atoms with van der Waals surface area (Å²) in [5, 5.41) is 0.764. The maximum absolute atomic E-state index is 12.9. The van der Waals surface area contributed by atoms with Crippen molar-refractivity contribution in [1.82, 2.24) is 0 Å². The molecular formula is C16H13Cl2NO2. The number of nitrogens with zero attached hydrogens (tertiary/aromatic N) is 1. The van der Waals surface area contributed by atoms with Gasteiger partial charge in [-0.05, 0) is 42.9 Å². The lowest BCUT2D eigenvalue weighted by molar-refractivity contribution is -0.126. The SMILES string of the molecule is O=C1CC2(CC3C=CC2C3)C(=O)N1c1ccc(Cl)c(Cl)c1. The van der Waals surface area contributed by atoms with Gasteiger partial charge in [0.2, 0.25) is 11.8 Å². The monoisotopic (exact) mass is 321 g/mol. The van der Waals surface area contributed by atoms with E-state index in [-0.39, 0.29) is 17.7 Å². The van der Waals surface area contributed by atoms with Crippen LogP contribution >= 0.6 is 23.2 Å². The Morgan fingerprint density at radius 1 is 1.14 bits per heavy atom. The molecule has 3 atom stereocenters. The molecule has 2 aliphatic carbocycles. The number of allylic oxidation sites excluding steroid dienone is 2. The Hall–Kier alpha value is -1.32. The van der Waals surface area contributed by atoms with Gasteiger partial charge in [-0.3, -0.25) is 9.59 Å². The molecule has 1 spiro atoms. The van der Waals surface area contributed by atoms with Gasteiger partial charge < -0.3 is 0 Å². The van der Waals surface area contributed by atoms with Gasteiger partial charge in [-0.15, -0.1) is 0 Å². The molecule has 1 aliphatic heterocycles. The van der Waals surface area contributed by atoms with Crippen LogP contribution in [0.25, 0.3) is 0 Å². The van der Waals surface area contributed by atoms with Gasteiger partial charge in [0.15, 0.2) is 0 Å². The van der Waals surface area contributed by atoms with Crippen LogP contribution in [-0.4, -0.2) is 11.8 Å². The Bertz CT molecular complexity index is 700. The molecule has 0 N–H and O–H groups in total. The largest absolute Gasteiger partial charge is 0.274 e. The van der Waals surface area contributed by atoms with Gasteiger partial charge in [0.1, 0.15) is 0 Å². The summed E-state index contributed by atoms with van der Waals surface area (Å²) in [6, 6.07) is 4.87. The van der Waals surface area contributed by atoms with E-state index in [0.717, 1.165) is 12.8 Å². The molecule has 4 rings (SSSR count). The van der Waals surface area contributed by atoms with Crippen molar-refractivity contribution < 1.29 is 9.59 Å². The zero-order valence-electron chi connectivity index (χ0n) is 11.2. The van der Waals surface area contributed by atoms with Gasteiger partial charge in [-0.2, -0.15) is 0 Å². The summed E-state index contributed by atoms with van der Waals surface area (Å²) in [6.45, 7) is 0. The van der Waals surface area contributed by atoms with Crippen LogP contribution in [0.5, 0.6) is 0 Å². The molecule has 2 amide bonds. The van der Waals surface area contributed by atoms with Crippen LogP contribution in [-0.2, 0) is 9.59 Å². The smallest absolute Gasteiger partial charge is 0.241 e. The number of amides is 2. The molecule has 21 heavy (non-hydrogen) atoms. The number of rotatable bonds is 1. The van der Waals surface area contributed by atoms with E-state index in [1.165, 1.54) is 4.90 Å². The van der Waals surface area contributed by atoms with Crippen molar-refractivity contribution in [3.8, 4) is 0 Å². The molecule has 1 aromatic rings. The van der Waals surface area contributed by atoms with Crippen molar-refractivity contribution in [2.24, 2.45) is 17.3 Å². The highest BCUT2D eigenvalue weighted by Gasteiger charge is 2.60. The van der Waals surface area contributed by atoms with Crippen LogP contribution in [0.3, 0.4) is 0 Å². The molecular weight excluding hydrogens is 309 g/mol. The topological polar surface area (TPSA) is 37.4 Å². The van der Waals surface area contributed by atoms with E-state index in [2.05, 4.69) is 12.2 Å². The summed E-state index contributed by atoms with van der Waals surface area (Å²) in [5.41, 5.74) is -0.00849. The molecule has 2 bridgehead atoms. The van der Waals surface area contributed by atoms with Gasteiger partial charge >= 0.3 is 0 Å². The Balaban J connectivity index is 1.74.